The molecule has 0 unspecified atom stereocenters. The zero-order valence-electron chi connectivity index (χ0n) is 19.1. The van der Waals surface area contributed by atoms with Gasteiger partial charge in [0.1, 0.15) is 0 Å². The molecular weight excluding hydrogens is 388 g/mol. The molecule has 1 aliphatic rings. The van der Waals surface area contributed by atoms with Crippen molar-refractivity contribution in [1.82, 2.24) is 10.2 Å². The Bertz CT molecular complexity index is 873. The molecule has 32 heavy (non-hydrogen) atoms. The number of hydrogen-bond acceptors (Lipinski definition) is 2. The van der Waals surface area contributed by atoms with E-state index in [0.717, 1.165) is 19.6 Å². The third-order valence-corrected chi connectivity index (χ3v) is 6.33. The van der Waals surface area contributed by atoms with E-state index in [1.165, 1.54) is 48.8 Å². The number of nitrogens with zero attached hydrogens (tertiary/aromatic N) is 1. The highest BCUT2D eigenvalue weighted by Crippen LogP contribution is 2.19. The van der Waals surface area contributed by atoms with Gasteiger partial charge in [0, 0.05) is 31.7 Å². The second-order valence-corrected chi connectivity index (χ2v) is 9.02. The van der Waals surface area contributed by atoms with Gasteiger partial charge in [-0.1, -0.05) is 122 Å². The summed E-state index contributed by atoms with van der Waals surface area (Å²) in [6.07, 6.45) is 11.3. The third kappa shape index (κ3) is 7.47. The highest BCUT2D eigenvalue weighted by molar-refractivity contribution is 5.49. The van der Waals surface area contributed by atoms with Gasteiger partial charge in [0.05, 0.1) is 0 Å². The quantitative estimate of drug-likeness (QED) is 0.390. The molecule has 3 aromatic rings. The Labute approximate surface area is 194 Å². The smallest absolute Gasteiger partial charge is 0.0384 e. The molecule has 166 valence electrons. The molecule has 1 saturated carbocycles. The molecule has 4 rings (SSSR count). The summed E-state index contributed by atoms with van der Waals surface area (Å²) in [5.41, 5.74) is 4.00. The van der Waals surface area contributed by atoms with E-state index in [1.807, 2.05) is 0 Å². The lowest BCUT2D eigenvalue weighted by atomic mass is 9.94. The van der Waals surface area contributed by atoms with Crippen molar-refractivity contribution in [2.45, 2.75) is 57.3 Å². The van der Waals surface area contributed by atoms with Crippen LogP contribution < -0.4 is 5.32 Å². The first-order valence-corrected chi connectivity index (χ1v) is 12.1. The molecule has 0 spiro atoms. The normalized spacial score (nSPS) is 15.9. The van der Waals surface area contributed by atoms with E-state index >= 15 is 0 Å². The van der Waals surface area contributed by atoms with Gasteiger partial charge in [-0.05, 0) is 29.5 Å². The van der Waals surface area contributed by atoms with Crippen LogP contribution in [0.15, 0.2) is 97.1 Å². The van der Waals surface area contributed by atoms with Crippen LogP contribution in [0.5, 0.6) is 0 Å². The zero-order valence-corrected chi connectivity index (χ0v) is 19.1. The van der Waals surface area contributed by atoms with Crippen molar-refractivity contribution >= 4 is 6.08 Å². The molecule has 2 nitrogen and oxygen atoms in total. The van der Waals surface area contributed by atoms with Crippen molar-refractivity contribution in [1.29, 1.82) is 0 Å². The lowest BCUT2D eigenvalue weighted by molar-refractivity contribution is 0.226. The van der Waals surface area contributed by atoms with Crippen molar-refractivity contribution in [2.75, 3.05) is 6.54 Å². The summed E-state index contributed by atoms with van der Waals surface area (Å²) in [5, 5.41) is 4.00. The Balaban J connectivity index is 1.51. The van der Waals surface area contributed by atoms with E-state index in [2.05, 4.69) is 113 Å². The summed E-state index contributed by atoms with van der Waals surface area (Å²) in [7, 11) is 0. The number of nitrogens with one attached hydrogen (secondary N) is 1. The molecular formula is C30H36N2. The van der Waals surface area contributed by atoms with Crippen molar-refractivity contribution < 1.29 is 0 Å². The van der Waals surface area contributed by atoms with Gasteiger partial charge < -0.3 is 5.32 Å². The van der Waals surface area contributed by atoms with E-state index in [-0.39, 0.29) is 0 Å². The van der Waals surface area contributed by atoms with Gasteiger partial charge in [-0.2, -0.15) is 0 Å². The molecule has 0 saturated heterocycles. The van der Waals surface area contributed by atoms with Gasteiger partial charge in [-0.15, -0.1) is 0 Å². The van der Waals surface area contributed by atoms with Crippen LogP contribution in [0.25, 0.3) is 6.08 Å². The average Bonchev–Trinajstić information content (AvgIpc) is 2.85. The minimum atomic E-state index is 0.325. The largest absolute Gasteiger partial charge is 0.307 e. The Morgan fingerprint density at radius 2 is 1.25 bits per heavy atom. The molecule has 3 aromatic carbocycles. The Hall–Kier alpha value is -2.68. The Morgan fingerprint density at radius 1 is 0.719 bits per heavy atom. The van der Waals surface area contributed by atoms with E-state index in [0.29, 0.717) is 12.1 Å². The molecule has 1 atom stereocenters. The first kappa shape index (κ1) is 22.5. The minimum Gasteiger partial charge on any atom is -0.307 e. The molecule has 0 radical (unpaired) electrons. The predicted molar refractivity (Wildman–Crippen MR) is 136 cm³/mol. The summed E-state index contributed by atoms with van der Waals surface area (Å²) in [5.74, 6) is 0. The SMILES string of the molecule is C(=C\[C@H](CN(Cc1ccccc1)Cc1ccccc1)NC1CCCCC1)/c1ccccc1. The van der Waals surface area contributed by atoms with E-state index in [4.69, 9.17) is 0 Å². The Kier molecular flexibility index (Phi) is 8.71. The lowest BCUT2D eigenvalue weighted by Gasteiger charge is -2.31. The van der Waals surface area contributed by atoms with Crippen LogP contribution in [0.3, 0.4) is 0 Å². The number of benzene rings is 3. The molecule has 0 amide bonds. The van der Waals surface area contributed by atoms with Crippen LogP contribution in [-0.4, -0.2) is 23.5 Å². The highest BCUT2D eigenvalue weighted by atomic mass is 15.2. The molecule has 1 aliphatic carbocycles. The second-order valence-electron chi connectivity index (χ2n) is 9.02. The van der Waals surface area contributed by atoms with Crippen molar-refractivity contribution in [2.24, 2.45) is 0 Å². The van der Waals surface area contributed by atoms with Gasteiger partial charge in [0.15, 0.2) is 0 Å². The minimum absolute atomic E-state index is 0.325. The lowest BCUT2D eigenvalue weighted by Crippen LogP contribution is -2.45. The molecule has 0 aromatic heterocycles. The van der Waals surface area contributed by atoms with Crippen LogP contribution in [-0.2, 0) is 13.1 Å². The average molecular weight is 425 g/mol. The van der Waals surface area contributed by atoms with E-state index in [1.54, 1.807) is 0 Å². The van der Waals surface area contributed by atoms with Gasteiger partial charge in [0.25, 0.3) is 0 Å². The van der Waals surface area contributed by atoms with Crippen LogP contribution in [0.2, 0.25) is 0 Å². The van der Waals surface area contributed by atoms with Gasteiger partial charge in [0.2, 0.25) is 0 Å². The maximum absolute atomic E-state index is 4.00. The summed E-state index contributed by atoms with van der Waals surface area (Å²) < 4.78 is 0. The monoisotopic (exact) mass is 424 g/mol. The van der Waals surface area contributed by atoms with Gasteiger partial charge in [-0.3, -0.25) is 4.90 Å². The fraction of sp³-hybridized carbons (Fsp3) is 0.333. The highest BCUT2D eigenvalue weighted by Gasteiger charge is 2.19. The molecule has 0 heterocycles. The summed E-state index contributed by atoms with van der Waals surface area (Å²) in [6.45, 7) is 2.90. The van der Waals surface area contributed by atoms with Crippen molar-refractivity contribution in [3.63, 3.8) is 0 Å². The molecule has 1 fully saturated rings. The second kappa shape index (κ2) is 12.4. The maximum Gasteiger partial charge on any atom is 0.0384 e. The van der Waals surface area contributed by atoms with Crippen LogP contribution in [0.1, 0.15) is 48.8 Å². The van der Waals surface area contributed by atoms with Crippen LogP contribution in [0.4, 0.5) is 0 Å². The maximum atomic E-state index is 4.00. The van der Waals surface area contributed by atoms with Crippen molar-refractivity contribution in [3.8, 4) is 0 Å². The predicted octanol–water partition coefficient (Wildman–Crippen LogP) is 6.69. The van der Waals surface area contributed by atoms with Gasteiger partial charge >= 0.3 is 0 Å². The first-order chi connectivity index (χ1) is 15.8. The molecule has 0 bridgehead atoms. The van der Waals surface area contributed by atoms with Gasteiger partial charge in [-0.25, -0.2) is 0 Å². The summed E-state index contributed by atoms with van der Waals surface area (Å²) >= 11 is 0. The molecule has 0 aliphatic heterocycles. The third-order valence-electron chi connectivity index (χ3n) is 6.33. The summed E-state index contributed by atoms with van der Waals surface area (Å²) in [6, 6.07) is 33.3. The topological polar surface area (TPSA) is 15.3 Å². The van der Waals surface area contributed by atoms with Crippen LogP contribution >= 0.6 is 0 Å². The Morgan fingerprint density at radius 3 is 1.81 bits per heavy atom. The van der Waals surface area contributed by atoms with Crippen molar-refractivity contribution in [3.05, 3.63) is 114 Å². The fourth-order valence-electron chi connectivity index (χ4n) is 4.68. The molecule has 1 N–H and O–H groups in total. The zero-order chi connectivity index (χ0) is 21.8. The standard InChI is InChI=1S/C30H36N2/c1-5-13-26(14-6-1)21-22-30(31-29-19-11-4-12-20-29)25-32(23-27-15-7-2-8-16-27)24-28-17-9-3-10-18-28/h1-3,5-10,13-18,21-22,29-31H,4,11-12,19-20,23-25H2/b22-21+/t30-/m1/s1. The fourth-order valence-corrected chi connectivity index (χ4v) is 4.68. The van der Waals surface area contributed by atoms with Crippen LogP contribution in [0, 0.1) is 0 Å². The molecule has 2 heteroatoms. The van der Waals surface area contributed by atoms with E-state index < -0.39 is 0 Å². The first-order valence-electron chi connectivity index (χ1n) is 12.1. The number of rotatable bonds is 10. The summed E-state index contributed by atoms with van der Waals surface area (Å²) in [4.78, 5) is 2.58. The number of hydrogen-bond donors (Lipinski definition) is 1. The van der Waals surface area contributed by atoms with E-state index in [9.17, 15) is 0 Å².